The zero-order valence-corrected chi connectivity index (χ0v) is 15.5. The van der Waals surface area contributed by atoms with Gasteiger partial charge in [0.25, 0.3) is 0 Å². The average molecular weight is 370 g/mol. The fourth-order valence-electron chi connectivity index (χ4n) is 2.92. The lowest BCUT2D eigenvalue weighted by atomic mass is 9.97. The number of rotatable bonds is 7. The van der Waals surface area contributed by atoms with Crippen LogP contribution in [-0.2, 0) is 14.8 Å². The van der Waals surface area contributed by atoms with Gasteiger partial charge in [0.2, 0.25) is 15.9 Å². The maximum Gasteiger partial charge on any atom is 0.246 e. The molecule has 0 unspecified atom stereocenters. The largest absolute Gasteiger partial charge is 0.495 e. The summed E-state index contributed by atoms with van der Waals surface area (Å²) in [5.74, 6) is 0.0673. The van der Waals surface area contributed by atoms with Gasteiger partial charge in [-0.3, -0.25) is 4.79 Å². The Balaban J connectivity index is 2.04. The second-order valence-corrected chi connectivity index (χ2v) is 8.11. The van der Waals surface area contributed by atoms with Crippen LogP contribution in [0.3, 0.4) is 0 Å². The van der Waals surface area contributed by atoms with Gasteiger partial charge in [0.1, 0.15) is 10.6 Å². The average Bonchev–Trinajstić information content (AvgIpc) is 2.62. The molecule has 1 aromatic rings. The second kappa shape index (κ2) is 8.64. The molecule has 7 nitrogen and oxygen atoms in total. The van der Waals surface area contributed by atoms with Crippen molar-refractivity contribution in [2.75, 3.05) is 33.4 Å². The van der Waals surface area contributed by atoms with E-state index >= 15 is 0 Å². The quantitative estimate of drug-likeness (QED) is 0.696. The van der Waals surface area contributed by atoms with Crippen molar-refractivity contribution in [3.8, 4) is 5.75 Å². The van der Waals surface area contributed by atoms with Crippen LogP contribution in [0.15, 0.2) is 23.1 Å². The highest BCUT2D eigenvalue weighted by Crippen LogP contribution is 2.30. The van der Waals surface area contributed by atoms with Gasteiger partial charge in [-0.2, -0.15) is 4.31 Å². The van der Waals surface area contributed by atoms with Crippen molar-refractivity contribution < 1.29 is 23.1 Å². The molecule has 0 atom stereocenters. The van der Waals surface area contributed by atoms with Gasteiger partial charge >= 0.3 is 0 Å². The van der Waals surface area contributed by atoms with E-state index in [1.54, 1.807) is 18.2 Å². The summed E-state index contributed by atoms with van der Waals surface area (Å²) < 4.78 is 32.5. The summed E-state index contributed by atoms with van der Waals surface area (Å²) in [4.78, 5) is 12.2. The number of carbonyl (C=O) groups is 1. The highest BCUT2D eigenvalue weighted by Gasteiger charge is 2.33. The van der Waals surface area contributed by atoms with Gasteiger partial charge in [0.15, 0.2) is 0 Å². The first kappa shape index (κ1) is 19.7. The molecule has 1 saturated heterocycles. The number of hydrogen-bond donors (Lipinski definition) is 2. The smallest absolute Gasteiger partial charge is 0.246 e. The molecule has 1 aromatic carbocycles. The van der Waals surface area contributed by atoms with E-state index in [9.17, 15) is 13.2 Å². The van der Waals surface area contributed by atoms with Crippen molar-refractivity contribution >= 4 is 15.9 Å². The SMILES string of the molecule is COc1ccc(C)cc1S(=O)(=O)N1CCC(C(=O)NCCCO)CC1. The lowest BCUT2D eigenvalue weighted by Crippen LogP contribution is -2.43. The van der Waals surface area contributed by atoms with Crippen LogP contribution in [0.4, 0.5) is 0 Å². The zero-order chi connectivity index (χ0) is 18.4. The van der Waals surface area contributed by atoms with Gasteiger partial charge in [-0.15, -0.1) is 0 Å². The molecule has 1 aliphatic heterocycles. The van der Waals surface area contributed by atoms with Crippen LogP contribution >= 0.6 is 0 Å². The Bertz CT molecular complexity index is 697. The summed E-state index contributed by atoms with van der Waals surface area (Å²) in [5.41, 5.74) is 0.845. The van der Waals surface area contributed by atoms with Gasteiger partial charge < -0.3 is 15.2 Å². The number of hydrogen-bond acceptors (Lipinski definition) is 5. The Morgan fingerprint density at radius 2 is 2.04 bits per heavy atom. The van der Waals surface area contributed by atoms with Gasteiger partial charge in [0.05, 0.1) is 7.11 Å². The van der Waals surface area contributed by atoms with Crippen LogP contribution < -0.4 is 10.1 Å². The fourth-order valence-corrected chi connectivity index (χ4v) is 4.63. The molecule has 25 heavy (non-hydrogen) atoms. The van der Waals surface area contributed by atoms with E-state index in [0.717, 1.165) is 5.56 Å². The molecule has 0 aromatic heterocycles. The number of methoxy groups -OCH3 is 1. The minimum Gasteiger partial charge on any atom is -0.495 e. The maximum atomic E-state index is 12.9. The molecule has 8 heteroatoms. The lowest BCUT2D eigenvalue weighted by Gasteiger charge is -2.31. The standard InChI is InChI=1S/C17H26N2O5S/c1-13-4-5-15(24-2)16(12-13)25(22,23)19-9-6-14(7-10-19)17(21)18-8-3-11-20/h4-5,12,14,20H,3,6-11H2,1-2H3,(H,18,21). The first-order valence-electron chi connectivity index (χ1n) is 8.43. The highest BCUT2D eigenvalue weighted by atomic mass is 32.2. The first-order valence-corrected chi connectivity index (χ1v) is 9.87. The number of aryl methyl sites for hydroxylation is 1. The normalized spacial score (nSPS) is 16.6. The van der Waals surface area contributed by atoms with E-state index in [2.05, 4.69) is 5.32 Å². The molecule has 1 heterocycles. The van der Waals surface area contributed by atoms with Crippen molar-refractivity contribution in [1.82, 2.24) is 9.62 Å². The summed E-state index contributed by atoms with van der Waals surface area (Å²) in [6.45, 7) is 2.92. The Kier molecular flexibility index (Phi) is 6.80. The van der Waals surface area contributed by atoms with E-state index in [4.69, 9.17) is 9.84 Å². The van der Waals surface area contributed by atoms with Crippen LogP contribution in [0.2, 0.25) is 0 Å². The third-order valence-electron chi connectivity index (χ3n) is 4.40. The summed E-state index contributed by atoms with van der Waals surface area (Å²) in [5, 5.41) is 11.5. The van der Waals surface area contributed by atoms with E-state index in [-0.39, 0.29) is 23.3 Å². The van der Waals surface area contributed by atoms with Crippen LogP contribution in [-0.4, -0.2) is 57.1 Å². The Morgan fingerprint density at radius 3 is 2.64 bits per heavy atom. The molecule has 0 saturated carbocycles. The number of amides is 1. The monoisotopic (exact) mass is 370 g/mol. The van der Waals surface area contributed by atoms with Crippen molar-refractivity contribution in [3.63, 3.8) is 0 Å². The Morgan fingerprint density at radius 1 is 1.36 bits per heavy atom. The molecule has 0 aliphatic carbocycles. The molecule has 1 fully saturated rings. The number of benzene rings is 1. The summed E-state index contributed by atoms with van der Waals surface area (Å²) >= 11 is 0. The number of nitrogens with zero attached hydrogens (tertiary/aromatic N) is 1. The fraction of sp³-hybridized carbons (Fsp3) is 0.588. The number of sulfonamides is 1. The Hall–Kier alpha value is -1.64. The molecule has 140 valence electrons. The third-order valence-corrected chi connectivity index (χ3v) is 6.32. The van der Waals surface area contributed by atoms with Crippen LogP contribution in [0, 0.1) is 12.8 Å². The summed E-state index contributed by atoms with van der Waals surface area (Å²) in [7, 11) is -2.20. The summed E-state index contributed by atoms with van der Waals surface area (Å²) in [6.07, 6.45) is 1.49. The molecule has 0 radical (unpaired) electrons. The molecule has 1 amide bonds. The predicted molar refractivity (Wildman–Crippen MR) is 93.9 cm³/mol. The van der Waals surface area contributed by atoms with E-state index in [1.807, 2.05) is 6.92 Å². The van der Waals surface area contributed by atoms with Gasteiger partial charge in [-0.05, 0) is 43.9 Å². The van der Waals surface area contributed by atoms with Gasteiger partial charge in [-0.1, -0.05) is 6.07 Å². The van der Waals surface area contributed by atoms with E-state index in [0.29, 0.717) is 44.6 Å². The minimum atomic E-state index is -3.65. The summed E-state index contributed by atoms with van der Waals surface area (Å²) in [6, 6.07) is 5.08. The molecule has 1 aliphatic rings. The zero-order valence-electron chi connectivity index (χ0n) is 14.7. The van der Waals surface area contributed by atoms with Gasteiger partial charge in [0, 0.05) is 32.2 Å². The lowest BCUT2D eigenvalue weighted by molar-refractivity contribution is -0.126. The molecular weight excluding hydrogens is 344 g/mol. The highest BCUT2D eigenvalue weighted by molar-refractivity contribution is 7.89. The van der Waals surface area contributed by atoms with Crippen LogP contribution in [0.5, 0.6) is 5.75 Å². The predicted octanol–water partition coefficient (Wildman–Crippen LogP) is 0.903. The first-order chi connectivity index (χ1) is 11.9. The molecule has 0 bridgehead atoms. The van der Waals surface area contributed by atoms with Crippen molar-refractivity contribution in [3.05, 3.63) is 23.8 Å². The molecule has 0 spiro atoms. The number of aliphatic hydroxyl groups excluding tert-OH is 1. The van der Waals surface area contributed by atoms with Crippen LogP contribution in [0.1, 0.15) is 24.8 Å². The Labute approximate surface area is 149 Å². The number of ether oxygens (including phenoxy) is 1. The van der Waals surface area contributed by atoms with Crippen LogP contribution in [0.25, 0.3) is 0 Å². The number of nitrogens with one attached hydrogen (secondary N) is 1. The van der Waals surface area contributed by atoms with Crippen molar-refractivity contribution in [2.45, 2.75) is 31.1 Å². The minimum absolute atomic E-state index is 0.0370. The van der Waals surface area contributed by atoms with Crippen molar-refractivity contribution in [1.29, 1.82) is 0 Å². The maximum absolute atomic E-state index is 12.9. The number of piperidine rings is 1. The molecule has 2 rings (SSSR count). The van der Waals surface area contributed by atoms with Gasteiger partial charge in [-0.25, -0.2) is 8.42 Å². The van der Waals surface area contributed by atoms with Crippen molar-refractivity contribution in [2.24, 2.45) is 5.92 Å². The van der Waals surface area contributed by atoms with E-state index in [1.165, 1.54) is 11.4 Å². The number of carbonyl (C=O) groups excluding carboxylic acids is 1. The second-order valence-electron chi connectivity index (χ2n) is 6.20. The van der Waals surface area contributed by atoms with E-state index < -0.39 is 10.0 Å². The number of aliphatic hydroxyl groups is 1. The molecular formula is C17H26N2O5S. The third kappa shape index (κ3) is 4.71. The molecule has 2 N–H and O–H groups in total. The topological polar surface area (TPSA) is 95.9 Å².